The number of amides is 4. The van der Waals surface area contributed by atoms with Crippen molar-refractivity contribution in [3.63, 3.8) is 0 Å². The number of nitrogens with zero attached hydrogens (tertiary/aromatic N) is 5. The quantitative estimate of drug-likeness (QED) is 0.0807. The molecule has 0 saturated heterocycles. The van der Waals surface area contributed by atoms with Crippen LogP contribution < -0.4 is 21.7 Å². The summed E-state index contributed by atoms with van der Waals surface area (Å²) < 4.78 is 1.96. The van der Waals surface area contributed by atoms with Crippen LogP contribution in [0.4, 0.5) is 26.7 Å². The third-order valence-electron chi connectivity index (χ3n) is 13.5. The fourth-order valence-electron chi connectivity index (χ4n) is 9.43. The van der Waals surface area contributed by atoms with E-state index >= 15 is 0 Å². The van der Waals surface area contributed by atoms with E-state index in [2.05, 4.69) is 115 Å². The van der Waals surface area contributed by atoms with Crippen molar-refractivity contribution < 1.29 is 9.59 Å². The zero-order valence-corrected chi connectivity index (χ0v) is 44.5. The number of aromatic nitrogens is 6. The highest BCUT2D eigenvalue weighted by Gasteiger charge is 2.28. The first kappa shape index (κ1) is 50.7. The zero-order chi connectivity index (χ0) is 51.5. The zero-order valence-electron chi connectivity index (χ0n) is 41.3. The minimum Gasteiger partial charge on any atom is -0.399 e. The number of halogens is 2. The number of hydrogen-bond donors (Lipinski definition) is 7. The van der Waals surface area contributed by atoms with E-state index in [1.165, 1.54) is 35.2 Å². The van der Waals surface area contributed by atoms with Crippen molar-refractivity contribution in [3.05, 3.63) is 212 Å². The summed E-state index contributed by atoms with van der Waals surface area (Å²) in [5.41, 5.74) is 22.6. The molecule has 6 aromatic carbocycles. The number of nitrogens with two attached hydrogens (primary N) is 1. The van der Waals surface area contributed by atoms with Gasteiger partial charge in [0.05, 0.1) is 30.2 Å². The van der Waals surface area contributed by atoms with Crippen LogP contribution in [0.1, 0.15) is 58.1 Å². The number of nitrogen functional groups attached to an aromatic ring is 1. The SMILES string of the molecule is Nc1cccc(Br)c1.O=C(Nc1cccc(Br)c1)N1CCc2[nH]nc(-c3ccccc3)c2C1.O=C(Nc1cccc(C2CC2)c1)N1CCc2[nH]nc(-c3ccccc3)c2C1.c1ccc(-c2n[nH]c3c2CNCC3)cc1. The van der Waals surface area contributed by atoms with Crippen LogP contribution in [-0.2, 0) is 38.9 Å². The molecule has 13 rings (SSSR count). The predicted octanol–water partition coefficient (Wildman–Crippen LogP) is 12.7. The highest BCUT2D eigenvalue weighted by atomic mass is 79.9. The molecular formula is C59H58Br2N12O2. The standard InChI is InChI=1S/C22H22N4O.C19H17BrN4O.C12H13N3.C6H6BrN/c27-22(23-18-8-4-7-17(13-18)15-9-10-15)26-12-11-20-19(14-26)21(25-24-20)16-5-2-1-3-6-16;20-14-7-4-8-15(11-14)21-19(25)24-10-9-17-16(12-24)18(23-22-17)13-5-2-1-3-6-13;1-2-4-9(5-3-1)12-10-8-13-7-6-11(10)14-15-12;7-5-2-1-3-6(8)4-5/h1-8,13,15H,9-12,14H2,(H,23,27)(H,24,25);1-8,11H,9-10,12H2,(H,21,25)(H,22,23);1-5,13H,6-8H2,(H,14,15);1-4H,8H2. The van der Waals surface area contributed by atoms with Gasteiger partial charge in [-0.15, -0.1) is 0 Å². The van der Waals surface area contributed by atoms with Gasteiger partial charge in [0.15, 0.2) is 0 Å². The Morgan fingerprint density at radius 2 is 0.973 bits per heavy atom. The fraction of sp³-hybridized carbons (Fsp3) is 0.203. The van der Waals surface area contributed by atoms with Crippen molar-refractivity contribution in [2.45, 2.75) is 57.7 Å². The van der Waals surface area contributed by atoms with Crippen LogP contribution in [0, 0.1) is 0 Å². The van der Waals surface area contributed by atoms with Gasteiger partial charge >= 0.3 is 12.1 Å². The van der Waals surface area contributed by atoms with E-state index in [-0.39, 0.29) is 12.1 Å². The molecule has 0 radical (unpaired) electrons. The second kappa shape index (κ2) is 24.0. The van der Waals surface area contributed by atoms with Gasteiger partial charge in [-0.3, -0.25) is 15.3 Å². The predicted molar refractivity (Wildman–Crippen MR) is 305 cm³/mol. The molecule has 0 atom stereocenters. The van der Waals surface area contributed by atoms with Crippen molar-refractivity contribution in [1.82, 2.24) is 45.7 Å². The molecule has 3 aliphatic heterocycles. The molecule has 16 heteroatoms. The minimum atomic E-state index is -0.0936. The van der Waals surface area contributed by atoms with E-state index in [1.54, 1.807) is 0 Å². The van der Waals surface area contributed by atoms with Gasteiger partial charge in [0.1, 0.15) is 0 Å². The number of nitrogens with one attached hydrogen (secondary N) is 6. The van der Waals surface area contributed by atoms with E-state index < -0.39 is 0 Å². The lowest BCUT2D eigenvalue weighted by Crippen LogP contribution is -2.38. The van der Waals surface area contributed by atoms with Crippen LogP contribution in [-0.4, -0.2) is 72.1 Å². The first-order valence-corrected chi connectivity index (χ1v) is 26.8. The van der Waals surface area contributed by atoms with Crippen molar-refractivity contribution in [1.29, 1.82) is 0 Å². The minimum absolute atomic E-state index is 0.0474. The summed E-state index contributed by atoms with van der Waals surface area (Å²) in [6.45, 7) is 4.46. The van der Waals surface area contributed by atoms with Crippen molar-refractivity contribution in [3.8, 4) is 33.8 Å². The van der Waals surface area contributed by atoms with Crippen molar-refractivity contribution >= 4 is 61.0 Å². The Morgan fingerprint density at radius 1 is 0.520 bits per heavy atom. The van der Waals surface area contributed by atoms with E-state index in [9.17, 15) is 9.59 Å². The number of carbonyl (C=O) groups is 2. The first-order valence-electron chi connectivity index (χ1n) is 25.3. The maximum atomic E-state index is 12.8. The van der Waals surface area contributed by atoms with Gasteiger partial charge in [-0.2, -0.15) is 15.3 Å². The summed E-state index contributed by atoms with van der Waals surface area (Å²) in [5, 5.41) is 32.2. The normalized spacial score (nSPS) is 14.2. The molecule has 1 aliphatic carbocycles. The Balaban J connectivity index is 0.000000123. The monoisotopic (exact) mass is 1120 g/mol. The molecule has 380 valence electrons. The van der Waals surface area contributed by atoms with Gasteiger partial charge in [0.2, 0.25) is 0 Å². The molecule has 1 fully saturated rings. The maximum Gasteiger partial charge on any atom is 0.322 e. The Hall–Kier alpha value is -7.79. The van der Waals surface area contributed by atoms with Crippen LogP contribution in [0.3, 0.4) is 0 Å². The van der Waals surface area contributed by atoms with E-state index in [1.807, 2.05) is 137 Å². The van der Waals surface area contributed by atoms with Gasteiger partial charge in [-0.25, -0.2) is 9.59 Å². The number of anilines is 3. The van der Waals surface area contributed by atoms with Crippen LogP contribution in [0.15, 0.2) is 173 Å². The van der Waals surface area contributed by atoms with E-state index in [0.29, 0.717) is 32.1 Å². The number of rotatable bonds is 6. The third kappa shape index (κ3) is 12.9. The molecule has 75 heavy (non-hydrogen) atoms. The van der Waals surface area contributed by atoms with Gasteiger partial charge in [-0.05, 0) is 72.9 Å². The summed E-state index contributed by atoms with van der Waals surface area (Å²) in [5.74, 6) is 0.679. The molecule has 4 aliphatic rings. The fourth-order valence-corrected chi connectivity index (χ4v) is 10.2. The smallest absolute Gasteiger partial charge is 0.322 e. The molecule has 9 aromatic rings. The first-order chi connectivity index (χ1) is 36.7. The van der Waals surface area contributed by atoms with Crippen molar-refractivity contribution in [2.24, 2.45) is 0 Å². The summed E-state index contributed by atoms with van der Waals surface area (Å²) in [6.07, 6.45) is 5.14. The number of urea groups is 2. The molecule has 14 nitrogen and oxygen atoms in total. The van der Waals surface area contributed by atoms with E-state index in [0.717, 1.165) is 109 Å². The molecule has 0 unspecified atom stereocenters. The van der Waals surface area contributed by atoms with Crippen LogP contribution >= 0.6 is 31.9 Å². The molecule has 0 bridgehead atoms. The molecule has 4 amide bonds. The largest absolute Gasteiger partial charge is 0.399 e. The number of benzene rings is 6. The second-order valence-electron chi connectivity index (χ2n) is 18.8. The summed E-state index contributed by atoms with van der Waals surface area (Å²) in [6, 6.07) is 53.8. The molecule has 3 aromatic heterocycles. The number of aromatic amines is 3. The Bertz CT molecular complexity index is 3340. The lowest BCUT2D eigenvalue weighted by Gasteiger charge is -2.27. The van der Waals surface area contributed by atoms with E-state index in [4.69, 9.17) is 5.73 Å². The second-order valence-corrected chi connectivity index (χ2v) is 20.6. The number of hydrogen-bond acceptors (Lipinski definition) is 7. The summed E-state index contributed by atoms with van der Waals surface area (Å²) in [4.78, 5) is 29.1. The van der Waals surface area contributed by atoms with Crippen LogP contribution in [0.2, 0.25) is 0 Å². The molecule has 6 heterocycles. The van der Waals surface area contributed by atoms with Gasteiger partial charge in [0.25, 0.3) is 0 Å². The molecular weight excluding hydrogens is 1070 g/mol. The number of fused-ring (bicyclic) bond motifs is 3. The highest BCUT2D eigenvalue weighted by Crippen LogP contribution is 2.41. The lowest BCUT2D eigenvalue weighted by atomic mass is 10.0. The van der Waals surface area contributed by atoms with Gasteiger partial charge < -0.3 is 31.5 Å². The molecule has 8 N–H and O–H groups in total. The molecule has 0 spiro atoms. The number of H-pyrrole nitrogens is 3. The third-order valence-corrected chi connectivity index (χ3v) is 14.5. The van der Waals surface area contributed by atoms with Crippen molar-refractivity contribution in [2.75, 3.05) is 36.0 Å². The highest BCUT2D eigenvalue weighted by molar-refractivity contribution is 9.10. The van der Waals surface area contributed by atoms with Crippen LogP contribution in [0.25, 0.3) is 33.8 Å². The Labute approximate surface area is 453 Å². The average molecular weight is 1130 g/mol. The topological polar surface area (TPSA) is 189 Å². The average Bonchev–Trinajstić information content (AvgIpc) is 3.85. The lowest BCUT2D eigenvalue weighted by molar-refractivity contribution is 0.205. The number of carbonyl (C=O) groups excluding carboxylic acids is 2. The maximum absolute atomic E-state index is 12.8. The molecule has 1 saturated carbocycles. The Morgan fingerprint density at radius 3 is 1.44 bits per heavy atom. The van der Waals surface area contributed by atoms with Gasteiger partial charge in [-0.1, -0.05) is 147 Å². The van der Waals surface area contributed by atoms with Crippen LogP contribution in [0.5, 0.6) is 0 Å². The van der Waals surface area contributed by atoms with Gasteiger partial charge in [0, 0.05) is 122 Å². The summed E-state index contributed by atoms with van der Waals surface area (Å²) in [7, 11) is 0. The summed E-state index contributed by atoms with van der Waals surface area (Å²) >= 11 is 6.70. The Kier molecular flexibility index (Phi) is 16.3.